The van der Waals surface area contributed by atoms with Crippen LogP contribution < -0.4 is 5.73 Å². The summed E-state index contributed by atoms with van der Waals surface area (Å²) in [5, 5.41) is 2.43. The number of hydrogen-bond donors (Lipinski definition) is 1. The van der Waals surface area contributed by atoms with Gasteiger partial charge in [0, 0.05) is 19.5 Å². The largest absolute Gasteiger partial charge is 0.370 e. The third-order valence-corrected chi connectivity index (χ3v) is 4.84. The molecule has 0 spiro atoms. The molecule has 1 saturated heterocycles. The number of nitrogens with zero attached hydrogens (tertiary/aromatic N) is 1. The van der Waals surface area contributed by atoms with Crippen molar-refractivity contribution >= 4 is 34.8 Å². The molecule has 0 radical (unpaired) electrons. The predicted octanol–water partition coefficient (Wildman–Crippen LogP) is 2.05. The molecule has 18 heavy (non-hydrogen) atoms. The van der Waals surface area contributed by atoms with E-state index in [2.05, 4.69) is 0 Å². The van der Waals surface area contributed by atoms with E-state index in [-0.39, 0.29) is 17.7 Å². The molecule has 1 aromatic heterocycles. The number of halogens is 1. The highest BCUT2D eigenvalue weighted by Crippen LogP contribution is 2.30. The molecule has 0 saturated carbocycles. The Labute approximate surface area is 115 Å². The molecule has 1 unspecified atom stereocenters. The van der Waals surface area contributed by atoms with E-state index >= 15 is 0 Å². The molecule has 1 aromatic rings. The van der Waals surface area contributed by atoms with Crippen molar-refractivity contribution in [1.82, 2.24) is 4.90 Å². The summed E-state index contributed by atoms with van der Waals surface area (Å²) in [6.45, 7) is 3.15. The van der Waals surface area contributed by atoms with E-state index in [1.54, 1.807) is 4.90 Å². The molecule has 4 nitrogen and oxygen atoms in total. The van der Waals surface area contributed by atoms with Crippen LogP contribution in [-0.2, 0) is 4.79 Å². The number of primary amides is 1. The van der Waals surface area contributed by atoms with Gasteiger partial charge in [-0.25, -0.2) is 0 Å². The van der Waals surface area contributed by atoms with Crippen molar-refractivity contribution in [2.45, 2.75) is 19.8 Å². The van der Waals surface area contributed by atoms with Gasteiger partial charge in [-0.3, -0.25) is 9.59 Å². The Balaban J connectivity index is 2.03. The predicted molar refractivity (Wildman–Crippen MR) is 71.9 cm³/mol. The molecule has 98 valence electrons. The number of amides is 2. The fraction of sp³-hybridized carbons (Fsp3) is 0.500. The van der Waals surface area contributed by atoms with Crippen LogP contribution in [0.1, 0.15) is 28.1 Å². The first-order valence-electron chi connectivity index (χ1n) is 5.80. The second kappa shape index (κ2) is 5.28. The Kier molecular flexibility index (Phi) is 3.92. The number of hydrogen-bond acceptors (Lipinski definition) is 3. The number of carbonyl (C=O) groups is 2. The Morgan fingerprint density at radius 1 is 1.61 bits per heavy atom. The van der Waals surface area contributed by atoms with Crippen LogP contribution in [0.4, 0.5) is 0 Å². The molecule has 0 aliphatic carbocycles. The number of nitrogens with two attached hydrogens (primary N) is 1. The molecule has 2 amide bonds. The Hall–Kier alpha value is -1.07. The van der Waals surface area contributed by atoms with Crippen LogP contribution >= 0.6 is 22.9 Å². The van der Waals surface area contributed by atoms with Gasteiger partial charge in [-0.15, -0.1) is 11.3 Å². The zero-order valence-electron chi connectivity index (χ0n) is 10.1. The van der Waals surface area contributed by atoms with E-state index in [1.165, 1.54) is 11.3 Å². The molecule has 0 aromatic carbocycles. The van der Waals surface area contributed by atoms with Crippen LogP contribution in [0.5, 0.6) is 0 Å². The van der Waals surface area contributed by atoms with Gasteiger partial charge < -0.3 is 10.6 Å². The first kappa shape index (κ1) is 13.4. The maximum atomic E-state index is 12.2. The van der Waals surface area contributed by atoms with Crippen LogP contribution in [0.25, 0.3) is 0 Å². The van der Waals surface area contributed by atoms with Gasteiger partial charge in [0.15, 0.2) is 0 Å². The lowest BCUT2D eigenvalue weighted by molar-refractivity contribution is -0.118. The molecule has 2 N–H and O–H groups in total. The second-order valence-electron chi connectivity index (χ2n) is 4.64. The minimum absolute atomic E-state index is 0.0370. The van der Waals surface area contributed by atoms with Crippen LogP contribution in [0.2, 0.25) is 5.02 Å². The lowest BCUT2D eigenvalue weighted by Gasteiger charge is -2.15. The summed E-state index contributed by atoms with van der Waals surface area (Å²) in [4.78, 5) is 25.5. The average Bonchev–Trinajstić information content (AvgIpc) is 2.87. The molecule has 1 aliphatic heterocycles. The van der Waals surface area contributed by atoms with Crippen molar-refractivity contribution in [3.63, 3.8) is 0 Å². The van der Waals surface area contributed by atoms with Gasteiger partial charge >= 0.3 is 0 Å². The van der Waals surface area contributed by atoms with Crippen LogP contribution in [0.3, 0.4) is 0 Å². The minimum Gasteiger partial charge on any atom is -0.370 e. The monoisotopic (exact) mass is 286 g/mol. The first-order valence-corrected chi connectivity index (χ1v) is 7.06. The zero-order chi connectivity index (χ0) is 13.3. The van der Waals surface area contributed by atoms with Crippen molar-refractivity contribution in [2.24, 2.45) is 11.7 Å². The molecule has 1 aliphatic rings. The molecule has 2 heterocycles. The van der Waals surface area contributed by atoms with E-state index < -0.39 is 0 Å². The lowest BCUT2D eigenvalue weighted by atomic mass is 10.1. The fourth-order valence-corrected chi connectivity index (χ4v) is 3.43. The van der Waals surface area contributed by atoms with Crippen molar-refractivity contribution in [3.05, 3.63) is 20.8 Å². The Bertz CT molecular complexity index is 486. The van der Waals surface area contributed by atoms with Gasteiger partial charge in [0.1, 0.15) is 4.88 Å². The van der Waals surface area contributed by atoms with Crippen molar-refractivity contribution < 1.29 is 9.59 Å². The third kappa shape index (κ3) is 2.67. The van der Waals surface area contributed by atoms with Crippen LogP contribution in [0.15, 0.2) is 5.38 Å². The fourth-order valence-electron chi connectivity index (χ4n) is 2.19. The quantitative estimate of drug-likeness (QED) is 0.924. The second-order valence-corrected chi connectivity index (χ2v) is 5.90. The third-order valence-electron chi connectivity index (χ3n) is 3.16. The summed E-state index contributed by atoms with van der Waals surface area (Å²) in [6, 6.07) is 0. The Morgan fingerprint density at radius 3 is 2.89 bits per heavy atom. The number of aryl methyl sites for hydroxylation is 1. The van der Waals surface area contributed by atoms with E-state index in [4.69, 9.17) is 17.3 Å². The zero-order valence-corrected chi connectivity index (χ0v) is 11.7. The lowest BCUT2D eigenvalue weighted by Crippen LogP contribution is -2.29. The molecular weight excluding hydrogens is 272 g/mol. The van der Waals surface area contributed by atoms with Crippen molar-refractivity contribution in [3.8, 4) is 0 Å². The highest BCUT2D eigenvalue weighted by atomic mass is 35.5. The van der Waals surface area contributed by atoms with Gasteiger partial charge in [0.2, 0.25) is 5.91 Å². The van der Waals surface area contributed by atoms with E-state index in [1.807, 2.05) is 12.3 Å². The SMILES string of the molecule is Cc1csc(C(=O)N2CCC(CC(N)=O)C2)c1Cl. The molecule has 0 bridgehead atoms. The standard InChI is InChI=1S/C12H15ClN2O2S/c1-7-6-18-11(10(7)13)12(17)15-3-2-8(5-15)4-9(14)16/h6,8H,2-5H2,1H3,(H2,14,16). The summed E-state index contributed by atoms with van der Waals surface area (Å²) in [6.07, 6.45) is 1.18. The summed E-state index contributed by atoms with van der Waals surface area (Å²) in [5.41, 5.74) is 6.10. The van der Waals surface area contributed by atoms with E-state index in [9.17, 15) is 9.59 Å². The van der Waals surface area contributed by atoms with E-state index in [0.717, 1.165) is 12.0 Å². The molecule has 1 fully saturated rings. The highest BCUT2D eigenvalue weighted by molar-refractivity contribution is 7.13. The number of likely N-dealkylation sites (tertiary alicyclic amines) is 1. The van der Waals surface area contributed by atoms with Gasteiger partial charge in [-0.05, 0) is 30.2 Å². The number of thiophene rings is 1. The van der Waals surface area contributed by atoms with Crippen LogP contribution in [-0.4, -0.2) is 29.8 Å². The molecular formula is C12H15ClN2O2S. The summed E-state index contributed by atoms with van der Waals surface area (Å²) < 4.78 is 0. The molecule has 6 heteroatoms. The number of rotatable bonds is 3. The van der Waals surface area contributed by atoms with Gasteiger partial charge in [0.25, 0.3) is 5.91 Å². The summed E-state index contributed by atoms with van der Waals surface area (Å²) in [5.74, 6) is -0.157. The van der Waals surface area contributed by atoms with E-state index in [0.29, 0.717) is 29.4 Å². The van der Waals surface area contributed by atoms with Gasteiger partial charge in [0.05, 0.1) is 5.02 Å². The minimum atomic E-state index is -0.306. The number of carbonyl (C=O) groups excluding carboxylic acids is 2. The topological polar surface area (TPSA) is 63.4 Å². The Morgan fingerprint density at radius 2 is 2.33 bits per heavy atom. The smallest absolute Gasteiger partial charge is 0.265 e. The summed E-state index contributed by atoms with van der Waals surface area (Å²) >= 11 is 7.46. The maximum absolute atomic E-state index is 12.2. The van der Waals surface area contributed by atoms with Crippen molar-refractivity contribution in [1.29, 1.82) is 0 Å². The highest BCUT2D eigenvalue weighted by Gasteiger charge is 2.29. The normalized spacial score (nSPS) is 19.2. The van der Waals surface area contributed by atoms with Gasteiger partial charge in [-0.2, -0.15) is 0 Å². The molecule has 1 atom stereocenters. The van der Waals surface area contributed by atoms with Gasteiger partial charge in [-0.1, -0.05) is 11.6 Å². The van der Waals surface area contributed by atoms with Crippen molar-refractivity contribution in [2.75, 3.05) is 13.1 Å². The average molecular weight is 287 g/mol. The summed E-state index contributed by atoms with van der Waals surface area (Å²) in [7, 11) is 0. The van der Waals surface area contributed by atoms with Crippen LogP contribution in [0, 0.1) is 12.8 Å². The molecule has 2 rings (SSSR count). The maximum Gasteiger partial charge on any atom is 0.265 e. The first-order chi connectivity index (χ1) is 8.49.